The summed E-state index contributed by atoms with van der Waals surface area (Å²) in [6, 6.07) is 7.24. The van der Waals surface area contributed by atoms with Gasteiger partial charge in [0.2, 0.25) is 0 Å². The average molecular weight is 330 g/mol. The number of carbonyl (C=O) groups excluding carboxylic acids is 2. The van der Waals surface area contributed by atoms with Crippen LogP contribution in [0.1, 0.15) is 32.8 Å². The van der Waals surface area contributed by atoms with E-state index in [1.807, 2.05) is 18.2 Å². The van der Waals surface area contributed by atoms with Gasteiger partial charge in [0, 0.05) is 6.20 Å². The van der Waals surface area contributed by atoms with E-state index < -0.39 is 5.97 Å². The van der Waals surface area contributed by atoms with Gasteiger partial charge in [0.25, 0.3) is 5.91 Å². The first kappa shape index (κ1) is 15.2. The maximum absolute atomic E-state index is 12.3. The highest BCUT2D eigenvalue weighted by molar-refractivity contribution is 7.17. The van der Waals surface area contributed by atoms with Gasteiger partial charge in [-0.05, 0) is 32.0 Å². The lowest BCUT2D eigenvalue weighted by atomic mass is 10.3. The summed E-state index contributed by atoms with van der Waals surface area (Å²) in [5.74, 6) is -0.811. The molecule has 0 aliphatic carbocycles. The van der Waals surface area contributed by atoms with Crippen molar-refractivity contribution in [3.63, 3.8) is 0 Å². The van der Waals surface area contributed by atoms with Crippen LogP contribution in [0, 0.1) is 6.92 Å². The fourth-order valence-electron chi connectivity index (χ4n) is 2.05. The van der Waals surface area contributed by atoms with Crippen molar-refractivity contribution in [3.8, 4) is 0 Å². The second-order valence-corrected chi connectivity index (χ2v) is 5.71. The van der Waals surface area contributed by atoms with Gasteiger partial charge in [0.15, 0.2) is 10.8 Å². The van der Waals surface area contributed by atoms with Crippen LogP contribution in [0.25, 0.3) is 5.52 Å². The van der Waals surface area contributed by atoms with E-state index in [1.54, 1.807) is 30.6 Å². The van der Waals surface area contributed by atoms with Crippen molar-refractivity contribution < 1.29 is 14.3 Å². The van der Waals surface area contributed by atoms with E-state index >= 15 is 0 Å². The number of hydrogen-bond acceptors (Lipinski definition) is 6. The number of amides is 1. The molecular formula is C15H14N4O3S. The van der Waals surface area contributed by atoms with Crippen LogP contribution in [0.15, 0.2) is 30.5 Å². The van der Waals surface area contributed by atoms with Crippen LogP contribution in [0.2, 0.25) is 0 Å². The Labute approximate surface area is 135 Å². The van der Waals surface area contributed by atoms with Gasteiger partial charge in [-0.2, -0.15) is 5.10 Å². The summed E-state index contributed by atoms with van der Waals surface area (Å²) < 4.78 is 6.57. The van der Waals surface area contributed by atoms with Crippen LogP contribution < -0.4 is 5.32 Å². The number of aromatic nitrogens is 3. The monoisotopic (exact) mass is 330 g/mol. The predicted molar refractivity (Wildman–Crippen MR) is 86.0 cm³/mol. The summed E-state index contributed by atoms with van der Waals surface area (Å²) in [5, 5.41) is 7.20. The molecule has 0 saturated heterocycles. The molecule has 0 radical (unpaired) electrons. The lowest BCUT2D eigenvalue weighted by molar-refractivity contribution is 0.0531. The van der Waals surface area contributed by atoms with E-state index in [0.717, 1.165) is 16.9 Å². The Bertz CT molecular complexity index is 851. The third-order valence-electron chi connectivity index (χ3n) is 3.08. The quantitative estimate of drug-likeness (QED) is 0.743. The molecule has 0 fully saturated rings. The first-order valence-corrected chi connectivity index (χ1v) is 7.80. The van der Waals surface area contributed by atoms with Crippen LogP contribution in [0.3, 0.4) is 0 Å². The van der Waals surface area contributed by atoms with Crippen molar-refractivity contribution in [2.75, 3.05) is 11.9 Å². The smallest absolute Gasteiger partial charge is 0.350 e. The third-order valence-corrected chi connectivity index (χ3v) is 4.13. The fraction of sp³-hybridized carbons (Fsp3) is 0.200. The Hall–Kier alpha value is -2.74. The Kier molecular flexibility index (Phi) is 4.07. The zero-order chi connectivity index (χ0) is 16.4. The molecule has 0 bridgehead atoms. The SMILES string of the molecule is CCOC(=O)c1sc(NC(=O)c2cc3ccccn3n2)nc1C. The maximum atomic E-state index is 12.3. The third kappa shape index (κ3) is 3.07. The molecule has 0 unspecified atom stereocenters. The molecule has 0 aromatic carbocycles. The molecule has 118 valence electrons. The highest BCUT2D eigenvalue weighted by Crippen LogP contribution is 2.24. The molecule has 0 aliphatic rings. The minimum Gasteiger partial charge on any atom is -0.462 e. The highest BCUT2D eigenvalue weighted by atomic mass is 32.1. The number of fused-ring (bicyclic) bond motifs is 1. The van der Waals surface area contributed by atoms with Crippen molar-refractivity contribution in [1.29, 1.82) is 0 Å². The van der Waals surface area contributed by atoms with Crippen molar-refractivity contribution in [2.24, 2.45) is 0 Å². The van der Waals surface area contributed by atoms with Gasteiger partial charge in [0.1, 0.15) is 4.88 Å². The summed E-state index contributed by atoms with van der Waals surface area (Å²) in [5.41, 5.74) is 1.63. The van der Waals surface area contributed by atoms with Gasteiger partial charge in [-0.25, -0.2) is 14.3 Å². The Morgan fingerprint density at radius 1 is 1.39 bits per heavy atom. The van der Waals surface area contributed by atoms with E-state index in [1.165, 1.54) is 0 Å². The molecule has 7 nitrogen and oxygen atoms in total. The fourth-order valence-corrected chi connectivity index (χ4v) is 2.90. The van der Waals surface area contributed by atoms with Crippen LogP contribution in [0.4, 0.5) is 5.13 Å². The van der Waals surface area contributed by atoms with Gasteiger partial charge in [-0.3, -0.25) is 10.1 Å². The van der Waals surface area contributed by atoms with Crippen molar-refractivity contribution >= 4 is 33.9 Å². The topological polar surface area (TPSA) is 85.6 Å². The van der Waals surface area contributed by atoms with E-state index in [9.17, 15) is 9.59 Å². The predicted octanol–water partition coefficient (Wildman–Crippen LogP) is 2.53. The number of esters is 1. The summed E-state index contributed by atoms with van der Waals surface area (Å²) in [6.45, 7) is 3.72. The van der Waals surface area contributed by atoms with Crippen LogP contribution >= 0.6 is 11.3 Å². The molecule has 0 spiro atoms. The first-order chi connectivity index (χ1) is 11.1. The zero-order valence-electron chi connectivity index (χ0n) is 12.6. The van der Waals surface area contributed by atoms with E-state index in [0.29, 0.717) is 22.3 Å². The maximum Gasteiger partial charge on any atom is 0.350 e. The average Bonchev–Trinajstić information content (AvgIpc) is 3.11. The molecule has 3 heterocycles. The van der Waals surface area contributed by atoms with Crippen LogP contribution in [-0.2, 0) is 4.74 Å². The van der Waals surface area contributed by atoms with E-state index in [4.69, 9.17) is 4.74 Å². The van der Waals surface area contributed by atoms with Gasteiger partial charge in [-0.1, -0.05) is 17.4 Å². The van der Waals surface area contributed by atoms with Gasteiger partial charge in [-0.15, -0.1) is 0 Å². The molecule has 3 rings (SSSR count). The van der Waals surface area contributed by atoms with Gasteiger partial charge >= 0.3 is 5.97 Å². The molecule has 0 atom stereocenters. The molecule has 8 heteroatoms. The molecule has 0 saturated carbocycles. The number of rotatable bonds is 4. The number of thiazole rings is 1. The van der Waals surface area contributed by atoms with Crippen LogP contribution in [-0.4, -0.2) is 33.1 Å². The molecular weight excluding hydrogens is 316 g/mol. The number of pyridine rings is 1. The normalized spacial score (nSPS) is 10.7. The first-order valence-electron chi connectivity index (χ1n) is 6.99. The van der Waals surface area contributed by atoms with Gasteiger partial charge < -0.3 is 4.74 Å². The Morgan fingerprint density at radius 3 is 2.96 bits per heavy atom. The summed E-state index contributed by atoms with van der Waals surface area (Å²) in [6.07, 6.45) is 1.76. The lowest BCUT2D eigenvalue weighted by Gasteiger charge is -1.98. The molecule has 3 aromatic rings. The number of aryl methyl sites for hydroxylation is 1. The van der Waals surface area contributed by atoms with E-state index in [2.05, 4.69) is 15.4 Å². The van der Waals surface area contributed by atoms with Gasteiger partial charge in [0.05, 0.1) is 17.8 Å². The molecule has 3 aromatic heterocycles. The summed E-state index contributed by atoms with van der Waals surface area (Å²) in [4.78, 5) is 28.6. The number of ether oxygens (including phenoxy) is 1. The molecule has 23 heavy (non-hydrogen) atoms. The van der Waals surface area contributed by atoms with E-state index in [-0.39, 0.29) is 11.6 Å². The van der Waals surface area contributed by atoms with Crippen molar-refractivity contribution in [3.05, 3.63) is 46.7 Å². The summed E-state index contributed by atoms with van der Waals surface area (Å²) >= 11 is 1.09. The van der Waals surface area contributed by atoms with Crippen molar-refractivity contribution in [1.82, 2.24) is 14.6 Å². The summed E-state index contributed by atoms with van der Waals surface area (Å²) in [7, 11) is 0. The van der Waals surface area contributed by atoms with Crippen molar-refractivity contribution in [2.45, 2.75) is 13.8 Å². The minimum atomic E-state index is -0.435. The Morgan fingerprint density at radius 2 is 2.22 bits per heavy atom. The van der Waals surface area contributed by atoms with Crippen LogP contribution in [0.5, 0.6) is 0 Å². The number of nitrogens with one attached hydrogen (secondary N) is 1. The number of nitrogens with zero attached hydrogens (tertiary/aromatic N) is 3. The second-order valence-electron chi connectivity index (χ2n) is 4.71. The standard InChI is InChI=1S/C15H14N4O3S/c1-3-22-14(21)12-9(2)16-15(23-12)17-13(20)11-8-10-6-4-5-7-19(10)18-11/h4-8H,3H2,1-2H3,(H,16,17,20). The largest absolute Gasteiger partial charge is 0.462 e. The molecule has 1 N–H and O–H groups in total. The number of anilines is 1. The number of hydrogen-bond donors (Lipinski definition) is 1. The zero-order valence-corrected chi connectivity index (χ0v) is 13.4. The lowest BCUT2D eigenvalue weighted by Crippen LogP contribution is -2.12. The molecule has 0 aliphatic heterocycles. The minimum absolute atomic E-state index is 0.279. The molecule has 1 amide bonds. The number of carbonyl (C=O) groups is 2. The second kappa shape index (κ2) is 6.17. The highest BCUT2D eigenvalue weighted by Gasteiger charge is 2.19. The Balaban J connectivity index is 1.80.